The lowest BCUT2D eigenvalue weighted by molar-refractivity contribution is -0.138. The normalized spacial score (nSPS) is 16.1. The molecule has 0 unspecified atom stereocenters. The summed E-state index contributed by atoms with van der Waals surface area (Å²) in [6.07, 6.45) is 0.299. The Balaban J connectivity index is 1.58. The number of benzene rings is 3. The van der Waals surface area contributed by atoms with Crippen LogP contribution in [-0.4, -0.2) is 56.3 Å². The van der Waals surface area contributed by atoms with Crippen LogP contribution in [-0.2, 0) is 21.0 Å². The molecule has 0 radical (unpaired) electrons. The molecular weight excluding hydrogens is 470 g/mol. The van der Waals surface area contributed by atoms with Crippen molar-refractivity contribution in [2.45, 2.75) is 24.9 Å². The van der Waals surface area contributed by atoms with Gasteiger partial charge in [-0.3, -0.25) is 9.59 Å². The minimum absolute atomic E-state index is 0.162. The number of oxime groups is 1. The molecule has 2 amide bonds. The summed E-state index contributed by atoms with van der Waals surface area (Å²) >= 11 is 0. The van der Waals surface area contributed by atoms with Crippen molar-refractivity contribution >= 4 is 17.5 Å². The van der Waals surface area contributed by atoms with E-state index >= 15 is 0 Å². The average Bonchev–Trinajstić information content (AvgIpc) is 3.37. The fourth-order valence-electron chi connectivity index (χ4n) is 4.60. The van der Waals surface area contributed by atoms with Crippen molar-refractivity contribution in [2.75, 3.05) is 27.9 Å². The molecule has 0 spiro atoms. The Labute approximate surface area is 216 Å². The highest BCUT2D eigenvalue weighted by Crippen LogP contribution is 2.31. The third kappa shape index (κ3) is 5.91. The fraction of sp³-hybridized carbons (Fsp3) is 0.276. The zero-order chi connectivity index (χ0) is 26.2. The van der Waals surface area contributed by atoms with Crippen molar-refractivity contribution < 1.29 is 23.9 Å². The maximum Gasteiger partial charge on any atom is 0.243 e. The molecule has 1 heterocycles. The molecule has 4 rings (SSSR count). The second kappa shape index (κ2) is 12.1. The van der Waals surface area contributed by atoms with E-state index in [9.17, 15) is 9.59 Å². The van der Waals surface area contributed by atoms with E-state index < -0.39 is 12.0 Å². The quantitative estimate of drug-likeness (QED) is 0.451. The van der Waals surface area contributed by atoms with Gasteiger partial charge < -0.3 is 24.5 Å². The van der Waals surface area contributed by atoms with Crippen LogP contribution in [0.15, 0.2) is 84.0 Å². The van der Waals surface area contributed by atoms with Crippen LogP contribution in [0.1, 0.15) is 29.0 Å². The van der Waals surface area contributed by atoms with E-state index in [-0.39, 0.29) is 24.9 Å². The molecule has 0 aliphatic carbocycles. The molecule has 3 aromatic rings. The van der Waals surface area contributed by atoms with Crippen LogP contribution in [0.5, 0.6) is 11.5 Å². The van der Waals surface area contributed by atoms with Crippen molar-refractivity contribution in [1.29, 1.82) is 0 Å². The van der Waals surface area contributed by atoms with Gasteiger partial charge in [0.1, 0.15) is 13.2 Å². The molecule has 1 aliphatic heterocycles. The molecule has 0 bridgehead atoms. The van der Waals surface area contributed by atoms with E-state index in [0.29, 0.717) is 23.6 Å². The summed E-state index contributed by atoms with van der Waals surface area (Å²) in [5.41, 5.74) is 3.21. The molecule has 3 aromatic carbocycles. The average molecular weight is 502 g/mol. The van der Waals surface area contributed by atoms with E-state index in [1.54, 1.807) is 25.2 Å². The van der Waals surface area contributed by atoms with Crippen molar-refractivity contribution in [2.24, 2.45) is 5.16 Å². The van der Waals surface area contributed by atoms with Crippen LogP contribution >= 0.6 is 0 Å². The third-order valence-electron chi connectivity index (χ3n) is 6.39. The molecule has 1 saturated heterocycles. The number of nitrogens with zero attached hydrogens (tertiary/aromatic N) is 2. The molecule has 8 nitrogen and oxygen atoms in total. The predicted molar refractivity (Wildman–Crippen MR) is 141 cm³/mol. The first-order valence-corrected chi connectivity index (χ1v) is 12.0. The zero-order valence-electron chi connectivity index (χ0n) is 21.2. The van der Waals surface area contributed by atoms with Gasteiger partial charge in [0, 0.05) is 13.0 Å². The summed E-state index contributed by atoms with van der Waals surface area (Å²) in [6.45, 7) is 0.493. The summed E-state index contributed by atoms with van der Waals surface area (Å²) < 4.78 is 10.7. The van der Waals surface area contributed by atoms with Crippen LogP contribution in [0.3, 0.4) is 0 Å². The van der Waals surface area contributed by atoms with E-state index in [4.69, 9.17) is 14.3 Å². The number of carbonyl (C=O) groups is 2. The summed E-state index contributed by atoms with van der Waals surface area (Å²) in [4.78, 5) is 34.0. The first-order valence-electron chi connectivity index (χ1n) is 12.0. The van der Waals surface area contributed by atoms with E-state index in [1.165, 1.54) is 7.11 Å². The van der Waals surface area contributed by atoms with E-state index in [2.05, 4.69) is 10.5 Å². The Morgan fingerprint density at radius 1 is 0.919 bits per heavy atom. The van der Waals surface area contributed by atoms with Gasteiger partial charge in [-0.05, 0) is 28.8 Å². The van der Waals surface area contributed by atoms with Crippen LogP contribution in [0.2, 0.25) is 0 Å². The Bertz CT molecular complexity index is 1210. The lowest BCUT2D eigenvalue weighted by atomic mass is 9.90. The molecule has 0 saturated carbocycles. The Kier molecular flexibility index (Phi) is 8.40. The van der Waals surface area contributed by atoms with Gasteiger partial charge in [-0.2, -0.15) is 0 Å². The van der Waals surface area contributed by atoms with Crippen molar-refractivity contribution in [3.8, 4) is 11.5 Å². The molecule has 37 heavy (non-hydrogen) atoms. The van der Waals surface area contributed by atoms with Crippen molar-refractivity contribution in [1.82, 2.24) is 10.2 Å². The maximum absolute atomic E-state index is 14.1. The number of carbonyl (C=O) groups excluding carboxylic acids is 2. The number of likely N-dealkylation sites (tertiary alicyclic amines) is 1. The summed E-state index contributed by atoms with van der Waals surface area (Å²) in [7, 11) is 4.59. The smallest absolute Gasteiger partial charge is 0.243 e. The largest absolute Gasteiger partial charge is 0.493 e. The molecule has 1 aliphatic rings. The molecular formula is C29H31N3O5. The van der Waals surface area contributed by atoms with Gasteiger partial charge in [-0.15, -0.1) is 0 Å². The van der Waals surface area contributed by atoms with E-state index in [1.807, 2.05) is 72.8 Å². The lowest BCUT2D eigenvalue weighted by Crippen LogP contribution is -2.47. The number of hydrogen-bond donors (Lipinski definition) is 1. The number of nitrogens with one attached hydrogen (secondary N) is 1. The molecule has 1 fully saturated rings. The summed E-state index contributed by atoms with van der Waals surface area (Å²) in [6, 6.07) is 24.0. The van der Waals surface area contributed by atoms with Gasteiger partial charge in [0.15, 0.2) is 11.5 Å². The van der Waals surface area contributed by atoms with Crippen LogP contribution in [0, 0.1) is 0 Å². The zero-order valence-corrected chi connectivity index (χ0v) is 21.2. The van der Waals surface area contributed by atoms with Crippen LogP contribution < -0.4 is 14.8 Å². The first-order chi connectivity index (χ1) is 18.0. The van der Waals surface area contributed by atoms with Gasteiger partial charge in [-0.25, -0.2) is 0 Å². The Morgan fingerprint density at radius 3 is 2.11 bits per heavy atom. The maximum atomic E-state index is 14.1. The molecule has 1 N–H and O–H groups in total. The Morgan fingerprint density at radius 2 is 1.54 bits per heavy atom. The number of rotatable bonds is 9. The van der Waals surface area contributed by atoms with Crippen LogP contribution in [0.25, 0.3) is 0 Å². The summed E-state index contributed by atoms with van der Waals surface area (Å²) in [5, 5.41) is 7.04. The van der Waals surface area contributed by atoms with Gasteiger partial charge in [0.05, 0.1) is 32.4 Å². The molecule has 8 heteroatoms. The second-order valence-electron chi connectivity index (χ2n) is 8.69. The molecule has 0 aromatic heterocycles. The molecule has 192 valence electrons. The number of hydrogen-bond acceptors (Lipinski definition) is 6. The lowest BCUT2D eigenvalue weighted by Gasteiger charge is -2.28. The minimum atomic E-state index is -0.712. The van der Waals surface area contributed by atoms with E-state index in [0.717, 1.165) is 16.7 Å². The second-order valence-corrected chi connectivity index (χ2v) is 8.69. The highest BCUT2D eigenvalue weighted by molar-refractivity contribution is 6.02. The molecule has 1 atom stereocenters. The van der Waals surface area contributed by atoms with Crippen LogP contribution in [0.4, 0.5) is 0 Å². The van der Waals surface area contributed by atoms with Crippen molar-refractivity contribution in [3.05, 3.63) is 95.6 Å². The number of methoxy groups -OCH3 is 2. The highest BCUT2D eigenvalue weighted by Gasteiger charge is 2.41. The SMILES string of the molecule is CO/N=C1\C[C@@H](C(=O)NCc2ccc(OC)c(OC)c2)N(C(=O)C(c2ccccc2)c2ccccc2)C1. The van der Waals surface area contributed by atoms with Gasteiger partial charge in [0.25, 0.3) is 0 Å². The predicted octanol–water partition coefficient (Wildman–Crippen LogP) is 3.76. The van der Waals surface area contributed by atoms with Gasteiger partial charge >= 0.3 is 0 Å². The van der Waals surface area contributed by atoms with Crippen molar-refractivity contribution in [3.63, 3.8) is 0 Å². The Hall–Kier alpha value is -4.33. The number of ether oxygens (including phenoxy) is 2. The van der Waals surface area contributed by atoms with Gasteiger partial charge in [0.2, 0.25) is 11.8 Å². The first kappa shape index (κ1) is 25.8. The number of amides is 2. The minimum Gasteiger partial charge on any atom is -0.493 e. The monoisotopic (exact) mass is 501 g/mol. The highest BCUT2D eigenvalue weighted by atomic mass is 16.6. The summed E-state index contributed by atoms with van der Waals surface area (Å²) in [5.74, 6) is 0.216. The van der Waals surface area contributed by atoms with Gasteiger partial charge in [-0.1, -0.05) is 71.9 Å². The standard InChI is InChI=1S/C29H31N3O5/c1-35-25-15-14-20(16-26(25)36-2)18-30-28(33)24-17-23(31-37-3)19-32(24)29(34)27(21-10-6-4-7-11-21)22-12-8-5-9-13-22/h4-16,24,27H,17-19H2,1-3H3,(H,30,33)/b31-23+/t24-/m0/s1. The third-order valence-corrected chi connectivity index (χ3v) is 6.39. The fourth-order valence-corrected chi connectivity index (χ4v) is 4.60. The topological polar surface area (TPSA) is 89.5 Å².